The standard InChI is InChI=1S/C21H28N2O5/c1-2-3-4-5-6-7-8-9-10-16-11-15-13-23(21(26)22-20(15)27-16)19-12-17(25)18(14-24)28-19/h11,13,17-19,24-25H,2-8,12,14H2,1H3/t17-,18+,19+/m0/s1. The van der Waals surface area contributed by atoms with Gasteiger partial charge in [-0.1, -0.05) is 44.9 Å². The largest absolute Gasteiger partial charge is 0.429 e. The van der Waals surface area contributed by atoms with Gasteiger partial charge in [0, 0.05) is 25.1 Å². The molecule has 3 atom stereocenters. The number of aliphatic hydroxyl groups is 2. The molecule has 1 saturated heterocycles. The number of aliphatic hydroxyl groups excluding tert-OH is 2. The van der Waals surface area contributed by atoms with E-state index in [2.05, 4.69) is 23.7 Å². The van der Waals surface area contributed by atoms with Crippen molar-refractivity contribution < 1.29 is 19.4 Å². The van der Waals surface area contributed by atoms with Crippen molar-refractivity contribution in [3.8, 4) is 11.8 Å². The smallest absolute Gasteiger partial charge is 0.353 e. The number of nitrogens with zero attached hydrogens (tertiary/aromatic N) is 2. The third-order valence-electron chi connectivity index (χ3n) is 5.00. The fraction of sp³-hybridized carbons (Fsp3) is 0.619. The van der Waals surface area contributed by atoms with Gasteiger partial charge in [-0.2, -0.15) is 4.98 Å². The number of fused-ring (bicyclic) bond motifs is 1. The molecule has 2 aromatic rings. The average Bonchev–Trinajstić information content (AvgIpc) is 3.25. The minimum absolute atomic E-state index is 0.223. The Bertz CT molecular complexity index is 892. The second-order valence-corrected chi connectivity index (χ2v) is 7.24. The number of furan rings is 1. The highest BCUT2D eigenvalue weighted by Gasteiger charge is 2.35. The first-order valence-corrected chi connectivity index (χ1v) is 10.1. The Balaban J connectivity index is 1.63. The number of hydrogen-bond donors (Lipinski definition) is 2. The summed E-state index contributed by atoms with van der Waals surface area (Å²) in [5, 5.41) is 19.7. The molecule has 0 aromatic carbocycles. The van der Waals surface area contributed by atoms with Gasteiger partial charge in [0.05, 0.1) is 18.1 Å². The fourth-order valence-electron chi connectivity index (χ4n) is 3.39. The highest BCUT2D eigenvalue weighted by atomic mass is 16.5. The highest BCUT2D eigenvalue weighted by Crippen LogP contribution is 2.28. The summed E-state index contributed by atoms with van der Waals surface area (Å²) in [6, 6.07) is 1.75. The van der Waals surface area contributed by atoms with Crippen LogP contribution in [0.5, 0.6) is 0 Å². The van der Waals surface area contributed by atoms with Gasteiger partial charge in [-0.25, -0.2) is 4.79 Å². The van der Waals surface area contributed by atoms with E-state index < -0.39 is 24.1 Å². The van der Waals surface area contributed by atoms with Crippen molar-refractivity contribution in [1.82, 2.24) is 9.55 Å². The predicted molar refractivity (Wildman–Crippen MR) is 105 cm³/mol. The normalized spacial score (nSPS) is 21.8. The van der Waals surface area contributed by atoms with Crippen molar-refractivity contribution in [2.45, 2.75) is 76.7 Å². The van der Waals surface area contributed by atoms with E-state index in [1.165, 1.54) is 36.7 Å². The van der Waals surface area contributed by atoms with Gasteiger partial charge in [-0.15, -0.1) is 0 Å². The van der Waals surface area contributed by atoms with Crippen molar-refractivity contribution in [3.63, 3.8) is 0 Å². The van der Waals surface area contributed by atoms with Crippen LogP contribution in [0.15, 0.2) is 21.5 Å². The Morgan fingerprint density at radius 2 is 2.07 bits per heavy atom. The van der Waals surface area contributed by atoms with E-state index in [0.717, 1.165) is 12.8 Å². The van der Waals surface area contributed by atoms with Crippen LogP contribution in [0.1, 0.15) is 70.3 Å². The lowest BCUT2D eigenvalue weighted by Crippen LogP contribution is -2.27. The molecule has 152 valence electrons. The van der Waals surface area contributed by atoms with Crippen LogP contribution in [0.25, 0.3) is 11.1 Å². The number of rotatable bonds is 8. The average molecular weight is 388 g/mol. The van der Waals surface area contributed by atoms with E-state index in [0.29, 0.717) is 11.1 Å². The van der Waals surface area contributed by atoms with Gasteiger partial charge >= 0.3 is 5.69 Å². The molecule has 0 amide bonds. The van der Waals surface area contributed by atoms with E-state index in [1.54, 1.807) is 12.3 Å². The fourth-order valence-corrected chi connectivity index (χ4v) is 3.39. The summed E-state index contributed by atoms with van der Waals surface area (Å²) in [6.45, 7) is 1.91. The molecule has 28 heavy (non-hydrogen) atoms. The first-order chi connectivity index (χ1) is 13.6. The Morgan fingerprint density at radius 1 is 1.29 bits per heavy atom. The molecule has 2 aromatic heterocycles. The van der Waals surface area contributed by atoms with Gasteiger partial charge in [0.1, 0.15) is 12.3 Å². The summed E-state index contributed by atoms with van der Waals surface area (Å²) in [5.74, 6) is 6.59. The van der Waals surface area contributed by atoms with E-state index in [9.17, 15) is 15.0 Å². The van der Waals surface area contributed by atoms with Gasteiger partial charge in [-0.05, 0) is 12.3 Å². The van der Waals surface area contributed by atoms with Gasteiger partial charge in [0.2, 0.25) is 5.71 Å². The third-order valence-corrected chi connectivity index (χ3v) is 5.00. The predicted octanol–water partition coefficient (Wildman–Crippen LogP) is 2.73. The van der Waals surface area contributed by atoms with E-state index in [1.807, 2.05) is 0 Å². The molecule has 0 saturated carbocycles. The van der Waals surface area contributed by atoms with Gasteiger partial charge in [0.25, 0.3) is 0 Å². The molecule has 0 bridgehead atoms. The quantitative estimate of drug-likeness (QED) is 0.533. The zero-order valence-corrected chi connectivity index (χ0v) is 16.3. The maximum Gasteiger partial charge on any atom is 0.353 e. The summed E-state index contributed by atoms with van der Waals surface area (Å²) >= 11 is 0. The van der Waals surface area contributed by atoms with E-state index >= 15 is 0 Å². The molecule has 1 aliphatic heterocycles. The Morgan fingerprint density at radius 3 is 2.82 bits per heavy atom. The van der Waals surface area contributed by atoms with Crippen molar-refractivity contribution >= 4 is 11.1 Å². The highest BCUT2D eigenvalue weighted by molar-refractivity contribution is 5.73. The van der Waals surface area contributed by atoms with Crippen LogP contribution < -0.4 is 5.69 Å². The van der Waals surface area contributed by atoms with Gasteiger partial charge < -0.3 is 19.4 Å². The van der Waals surface area contributed by atoms with Crippen LogP contribution in [-0.2, 0) is 4.74 Å². The van der Waals surface area contributed by atoms with Gasteiger partial charge in [-0.3, -0.25) is 4.57 Å². The number of ether oxygens (including phenoxy) is 1. The molecule has 3 heterocycles. The number of aromatic nitrogens is 2. The molecule has 1 aliphatic rings. The SMILES string of the molecule is CCCCCCCCC#Cc1cc2cn([C@H]3C[C@H](O)[C@@H](CO)O3)c(=O)nc2o1. The Hall–Kier alpha value is -2.14. The van der Waals surface area contributed by atoms with Crippen molar-refractivity contribution in [1.29, 1.82) is 0 Å². The van der Waals surface area contributed by atoms with Gasteiger partial charge in [0.15, 0.2) is 5.76 Å². The lowest BCUT2D eigenvalue weighted by Gasteiger charge is -2.13. The van der Waals surface area contributed by atoms with Crippen LogP contribution >= 0.6 is 0 Å². The lowest BCUT2D eigenvalue weighted by atomic mass is 10.1. The topological polar surface area (TPSA) is 97.7 Å². The second-order valence-electron chi connectivity index (χ2n) is 7.24. The van der Waals surface area contributed by atoms with E-state index in [4.69, 9.17) is 9.15 Å². The molecular weight excluding hydrogens is 360 g/mol. The molecule has 0 radical (unpaired) electrons. The molecule has 7 heteroatoms. The summed E-state index contributed by atoms with van der Waals surface area (Å²) in [6.07, 6.45) is 7.84. The first-order valence-electron chi connectivity index (χ1n) is 10.1. The third kappa shape index (κ3) is 5.02. The minimum Gasteiger partial charge on any atom is -0.429 e. The Labute approximate surface area is 164 Å². The summed E-state index contributed by atoms with van der Waals surface area (Å²) < 4.78 is 12.4. The van der Waals surface area contributed by atoms with E-state index in [-0.39, 0.29) is 18.7 Å². The maximum atomic E-state index is 12.3. The van der Waals surface area contributed by atoms with Crippen LogP contribution in [0, 0.1) is 11.8 Å². The lowest BCUT2D eigenvalue weighted by molar-refractivity contribution is -0.0457. The van der Waals surface area contributed by atoms with Crippen LogP contribution in [0.2, 0.25) is 0 Å². The van der Waals surface area contributed by atoms with Crippen LogP contribution in [0.3, 0.4) is 0 Å². The molecule has 7 nitrogen and oxygen atoms in total. The van der Waals surface area contributed by atoms with Crippen molar-refractivity contribution in [2.75, 3.05) is 6.61 Å². The zero-order chi connectivity index (χ0) is 19.9. The molecule has 0 unspecified atom stereocenters. The maximum absolute atomic E-state index is 12.3. The first kappa shape index (κ1) is 20.6. The molecule has 0 aliphatic carbocycles. The van der Waals surface area contributed by atoms with Crippen molar-refractivity contribution in [2.24, 2.45) is 0 Å². The summed E-state index contributed by atoms with van der Waals surface area (Å²) in [5.41, 5.74) is -0.286. The Kier molecular flexibility index (Phi) is 7.26. The summed E-state index contributed by atoms with van der Waals surface area (Å²) in [7, 11) is 0. The minimum atomic E-state index is -0.814. The van der Waals surface area contributed by atoms with Crippen molar-refractivity contribution in [3.05, 3.63) is 28.5 Å². The molecule has 2 N–H and O–H groups in total. The van der Waals surface area contributed by atoms with Crippen LogP contribution in [0.4, 0.5) is 0 Å². The molecule has 3 rings (SSSR count). The zero-order valence-electron chi connectivity index (χ0n) is 16.3. The molecule has 0 spiro atoms. The monoisotopic (exact) mass is 388 g/mol. The second kappa shape index (κ2) is 9.87. The summed E-state index contributed by atoms with van der Waals surface area (Å²) in [4.78, 5) is 16.2. The molecular formula is C21H28N2O5. The van der Waals surface area contributed by atoms with Crippen LogP contribution in [-0.4, -0.2) is 38.6 Å². The number of hydrogen-bond acceptors (Lipinski definition) is 6. The molecule has 1 fully saturated rings. The number of unbranched alkanes of at least 4 members (excludes halogenated alkanes) is 6.